The highest BCUT2D eigenvalue weighted by Crippen LogP contribution is 2.45. The van der Waals surface area contributed by atoms with Gasteiger partial charge in [-0.05, 0) is 62.6 Å². The maximum Gasteiger partial charge on any atom is 0.329 e. The Morgan fingerprint density at radius 2 is 1.67 bits per heavy atom. The maximum atomic E-state index is 14.6. The number of esters is 1. The summed E-state index contributed by atoms with van der Waals surface area (Å²) in [5.41, 5.74) is 0.827. The number of methoxy groups -OCH3 is 2. The summed E-state index contributed by atoms with van der Waals surface area (Å²) in [7, 11) is 3.18. The van der Waals surface area contributed by atoms with Crippen LogP contribution in [-0.4, -0.2) is 69.5 Å². The molecule has 1 aromatic rings. The number of carbonyl (C=O) groups excluding carboxylic acids is 2. The summed E-state index contributed by atoms with van der Waals surface area (Å²) in [6.45, 7) is 13.3. The normalized spacial score (nSPS) is 19.7. The third-order valence-corrected chi connectivity index (χ3v) is 8.25. The molecule has 0 bridgehead atoms. The lowest BCUT2D eigenvalue weighted by Crippen LogP contribution is -2.51. The van der Waals surface area contributed by atoms with E-state index >= 15 is 0 Å². The maximum absolute atomic E-state index is 14.6. The van der Waals surface area contributed by atoms with E-state index in [-0.39, 0.29) is 29.8 Å². The zero-order chi connectivity index (χ0) is 30.5. The molecule has 1 heterocycles. The lowest BCUT2D eigenvalue weighted by atomic mass is 9.75. The molecule has 8 nitrogen and oxygen atoms in total. The van der Waals surface area contributed by atoms with Gasteiger partial charge in [-0.25, -0.2) is 4.79 Å². The van der Waals surface area contributed by atoms with Crippen LogP contribution in [0.3, 0.4) is 0 Å². The zero-order valence-corrected chi connectivity index (χ0v) is 26.1. The first-order chi connectivity index (χ1) is 20.3. The highest BCUT2D eigenvalue weighted by molar-refractivity contribution is 5.89. The molecule has 42 heavy (non-hydrogen) atoms. The second-order valence-electron chi connectivity index (χ2n) is 11.7. The van der Waals surface area contributed by atoms with Gasteiger partial charge in [0.15, 0.2) is 11.5 Å². The van der Waals surface area contributed by atoms with E-state index in [0.717, 1.165) is 44.1 Å². The first kappa shape index (κ1) is 33.5. The molecule has 1 saturated heterocycles. The van der Waals surface area contributed by atoms with E-state index in [1.807, 2.05) is 19.1 Å². The summed E-state index contributed by atoms with van der Waals surface area (Å²) >= 11 is 0. The summed E-state index contributed by atoms with van der Waals surface area (Å²) in [5.74, 6) is 1.04. The Labute approximate surface area is 252 Å². The summed E-state index contributed by atoms with van der Waals surface area (Å²) in [6.07, 6.45) is 11.4. The molecule has 3 rings (SSSR count). The second-order valence-corrected chi connectivity index (χ2v) is 11.7. The number of rotatable bonds is 16. The quantitative estimate of drug-likeness (QED) is 0.125. The number of ether oxygens (including phenoxy) is 5. The molecule has 2 fully saturated rings. The van der Waals surface area contributed by atoms with E-state index in [1.165, 1.54) is 6.42 Å². The molecule has 0 N–H and O–H groups in total. The van der Waals surface area contributed by atoms with Crippen molar-refractivity contribution >= 4 is 11.9 Å². The van der Waals surface area contributed by atoms with Gasteiger partial charge in [-0.15, -0.1) is 13.2 Å². The molecule has 0 unspecified atom stereocenters. The van der Waals surface area contributed by atoms with E-state index < -0.39 is 12.0 Å². The van der Waals surface area contributed by atoms with Crippen molar-refractivity contribution in [3.05, 3.63) is 43.0 Å². The van der Waals surface area contributed by atoms with Crippen molar-refractivity contribution in [1.82, 2.24) is 4.90 Å². The number of benzene rings is 1. The van der Waals surface area contributed by atoms with E-state index in [0.29, 0.717) is 56.5 Å². The minimum absolute atomic E-state index is 0.0238. The van der Waals surface area contributed by atoms with Crippen LogP contribution in [0.5, 0.6) is 17.2 Å². The molecule has 1 saturated carbocycles. The molecule has 4 atom stereocenters. The second kappa shape index (κ2) is 17.2. The van der Waals surface area contributed by atoms with E-state index in [9.17, 15) is 9.59 Å². The lowest BCUT2D eigenvalue weighted by molar-refractivity contribution is -0.161. The van der Waals surface area contributed by atoms with Gasteiger partial charge >= 0.3 is 5.97 Å². The van der Waals surface area contributed by atoms with Crippen LogP contribution in [0.1, 0.15) is 83.1 Å². The van der Waals surface area contributed by atoms with Gasteiger partial charge in [0, 0.05) is 18.9 Å². The Kier molecular flexibility index (Phi) is 13.7. The fourth-order valence-electron chi connectivity index (χ4n) is 6.13. The Morgan fingerprint density at radius 1 is 0.952 bits per heavy atom. The predicted octanol–water partition coefficient (Wildman–Crippen LogP) is 6.47. The topological polar surface area (TPSA) is 83.5 Å². The van der Waals surface area contributed by atoms with Crippen LogP contribution in [-0.2, 0) is 19.1 Å². The van der Waals surface area contributed by atoms with Gasteiger partial charge in [0.2, 0.25) is 11.7 Å². The minimum Gasteiger partial charge on any atom is -0.493 e. The average molecular weight is 586 g/mol. The van der Waals surface area contributed by atoms with Crippen LogP contribution in [0.15, 0.2) is 37.4 Å². The number of hydrogen-bond acceptors (Lipinski definition) is 7. The molecule has 1 aromatic carbocycles. The molecule has 1 amide bonds. The van der Waals surface area contributed by atoms with Crippen LogP contribution in [0.25, 0.3) is 0 Å². The number of hydrogen-bond donors (Lipinski definition) is 0. The summed E-state index contributed by atoms with van der Waals surface area (Å²) < 4.78 is 29.1. The zero-order valence-electron chi connectivity index (χ0n) is 26.1. The first-order valence-electron chi connectivity index (χ1n) is 15.5. The van der Waals surface area contributed by atoms with Crippen molar-refractivity contribution in [1.29, 1.82) is 0 Å². The number of carbonyl (C=O) groups is 2. The SMILES string of the molecule is C=CCOC[C@H](C)COc1cc([C@@H](C(=O)N2CCCC[C@H]2C(=O)O[C@H](C)CC=C)C2CCCCC2)cc(OC)c1OC. The fraction of sp³-hybridized carbons (Fsp3) is 0.647. The molecule has 2 aliphatic rings. The monoisotopic (exact) mass is 585 g/mol. The van der Waals surface area contributed by atoms with E-state index in [4.69, 9.17) is 23.7 Å². The van der Waals surface area contributed by atoms with Crippen molar-refractivity contribution in [3.63, 3.8) is 0 Å². The molecule has 8 heteroatoms. The van der Waals surface area contributed by atoms with Gasteiger partial charge in [0.1, 0.15) is 12.1 Å². The van der Waals surface area contributed by atoms with Crippen molar-refractivity contribution in [3.8, 4) is 17.2 Å². The number of likely N-dealkylation sites (tertiary alicyclic amines) is 1. The molecule has 234 valence electrons. The third kappa shape index (κ3) is 9.00. The number of nitrogens with zero attached hydrogens (tertiary/aromatic N) is 1. The average Bonchev–Trinajstić information content (AvgIpc) is 3.00. The highest BCUT2D eigenvalue weighted by Gasteiger charge is 2.41. The van der Waals surface area contributed by atoms with Crippen molar-refractivity contribution in [2.75, 3.05) is 40.6 Å². The summed E-state index contributed by atoms with van der Waals surface area (Å²) in [4.78, 5) is 29.6. The summed E-state index contributed by atoms with van der Waals surface area (Å²) in [6, 6.07) is 3.25. The molecule has 0 radical (unpaired) electrons. The fourth-order valence-corrected chi connectivity index (χ4v) is 6.13. The van der Waals surface area contributed by atoms with Gasteiger partial charge < -0.3 is 28.6 Å². The van der Waals surface area contributed by atoms with Crippen LogP contribution in [0.2, 0.25) is 0 Å². The number of piperidine rings is 1. The van der Waals surface area contributed by atoms with Crippen LogP contribution >= 0.6 is 0 Å². The smallest absolute Gasteiger partial charge is 0.329 e. The van der Waals surface area contributed by atoms with Gasteiger partial charge in [-0.1, -0.05) is 38.3 Å². The predicted molar refractivity (Wildman–Crippen MR) is 164 cm³/mol. The van der Waals surface area contributed by atoms with Crippen molar-refractivity contribution < 1.29 is 33.3 Å². The standard InChI is InChI=1S/C34H51NO7/c1-7-14-25(4)42-34(37)28-17-12-13-18-35(28)33(36)31(26-15-10-9-11-16-26)27-20-29(38-5)32(39-6)30(21-27)41-23-24(3)22-40-19-8-2/h7-8,20-21,24-26,28,31H,1-2,9-19,22-23H2,3-6H3/t24-,25+,28-,31-/m0/s1. The van der Waals surface area contributed by atoms with Crippen LogP contribution < -0.4 is 14.2 Å². The Bertz CT molecular complexity index is 1030. The number of amides is 1. The molecule has 0 spiro atoms. The third-order valence-electron chi connectivity index (χ3n) is 8.25. The molecular weight excluding hydrogens is 534 g/mol. The van der Waals surface area contributed by atoms with E-state index in [1.54, 1.807) is 31.3 Å². The van der Waals surface area contributed by atoms with Gasteiger partial charge in [-0.2, -0.15) is 0 Å². The largest absolute Gasteiger partial charge is 0.493 e. The van der Waals surface area contributed by atoms with Crippen molar-refractivity contribution in [2.45, 2.75) is 89.7 Å². The summed E-state index contributed by atoms with van der Waals surface area (Å²) in [5, 5.41) is 0. The Morgan fingerprint density at radius 3 is 2.33 bits per heavy atom. The van der Waals surface area contributed by atoms with Crippen LogP contribution in [0.4, 0.5) is 0 Å². The van der Waals surface area contributed by atoms with Gasteiger partial charge in [-0.3, -0.25) is 4.79 Å². The molecular formula is C34H51NO7. The molecule has 0 aromatic heterocycles. The lowest BCUT2D eigenvalue weighted by Gasteiger charge is -2.39. The Hall–Kier alpha value is -3.00. The first-order valence-corrected chi connectivity index (χ1v) is 15.5. The Balaban J connectivity index is 1.96. The van der Waals surface area contributed by atoms with Gasteiger partial charge in [0.05, 0.1) is 40.0 Å². The van der Waals surface area contributed by atoms with E-state index in [2.05, 4.69) is 20.1 Å². The van der Waals surface area contributed by atoms with Crippen LogP contribution in [0, 0.1) is 11.8 Å². The van der Waals surface area contributed by atoms with Crippen molar-refractivity contribution in [2.24, 2.45) is 11.8 Å². The highest BCUT2D eigenvalue weighted by atomic mass is 16.5. The van der Waals surface area contributed by atoms with Gasteiger partial charge in [0.25, 0.3) is 0 Å². The minimum atomic E-state index is -0.586. The molecule has 1 aliphatic carbocycles. The molecule has 1 aliphatic heterocycles.